The molecule has 1 amide bonds. The van der Waals surface area contributed by atoms with Crippen LogP contribution in [0.3, 0.4) is 0 Å². The first-order valence-electron chi connectivity index (χ1n) is 10.3. The zero-order valence-corrected chi connectivity index (χ0v) is 19.8. The van der Waals surface area contributed by atoms with E-state index in [1.165, 1.54) is 17.8 Å². The number of amides is 1. The van der Waals surface area contributed by atoms with Crippen molar-refractivity contribution in [2.75, 3.05) is 5.75 Å². The molecule has 6 nitrogen and oxygen atoms in total. The van der Waals surface area contributed by atoms with E-state index < -0.39 is 11.9 Å². The molecule has 2 aromatic carbocycles. The van der Waals surface area contributed by atoms with Crippen molar-refractivity contribution in [3.63, 3.8) is 0 Å². The average molecular weight is 477 g/mol. The molecule has 0 aliphatic rings. The molecule has 0 fully saturated rings. The fraction of sp³-hybridized carbons (Fsp3) is 0.348. The van der Waals surface area contributed by atoms with Gasteiger partial charge in [0.05, 0.1) is 5.75 Å². The highest BCUT2D eigenvalue weighted by molar-refractivity contribution is 7.99. The van der Waals surface area contributed by atoms with Crippen LogP contribution in [-0.4, -0.2) is 26.4 Å². The van der Waals surface area contributed by atoms with Crippen LogP contribution in [0.5, 0.6) is 5.75 Å². The van der Waals surface area contributed by atoms with Gasteiger partial charge in [-0.25, -0.2) is 4.39 Å². The van der Waals surface area contributed by atoms with Crippen LogP contribution in [0.4, 0.5) is 4.39 Å². The maximum atomic E-state index is 14.0. The van der Waals surface area contributed by atoms with Crippen LogP contribution < -0.4 is 10.1 Å². The lowest BCUT2D eigenvalue weighted by atomic mass is 10.2. The summed E-state index contributed by atoms with van der Waals surface area (Å²) in [6, 6.07) is 13.6. The number of hydrogen-bond donors (Lipinski definition) is 1. The van der Waals surface area contributed by atoms with Crippen molar-refractivity contribution in [3.8, 4) is 5.75 Å². The summed E-state index contributed by atoms with van der Waals surface area (Å²) in [5, 5.41) is 12.7. The number of ether oxygens (including phenoxy) is 1. The zero-order valence-electron chi connectivity index (χ0n) is 18.2. The first kappa shape index (κ1) is 24.1. The molecule has 0 aliphatic carbocycles. The van der Waals surface area contributed by atoms with Crippen LogP contribution >= 0.6 is 23.4 Å². The van der Waals surface area contributed by atoms with Crippen molar-refractivity contribution in [1.29, 1.82) is 0 Å². The van der Waals surface area contributed by atoms with Gasteiger partial charge >= 0.3 is 0 Å². The third-order valence-corrected chi connectivity index (χ3v) is 5.75. The molecule has 0 bridgehead atoms. The van der Waals surface area contributed by atoms with Gasteiger partial charge in [0.15, 0.2) is 28.7 Å². The molecule has 0 saturated heterocycles. The summed E-state index contributed by atoms with van der Waals surface area (Å²) in [4.78, 5) is 12.3. The molecule has 0 radical (unpaired) electrons. The Labute approximate surface area is 196 Å². The molecule has 1 N–H and O–H groups in total. The zero-order chi connectivity index (χ0) is 23.1. The van der Waals surface area contributed by atoms with Gasteiger partial charge in [0.1, 0.15) is 0 Å². The third-order valence-electron chi connectivity index (χ3n) is 4.53. The summed E-state index contributed by atoms with van der Waals surface area (Å²) in [5.74, 6) is 0.735. The van der Waals surface area contributed by atoms with Gasteiger partial charge in [-0.15, -0.1) is 10.2 Å². The number of aromatic nitrogens is 3. The number of nitrogens with zero attached hydrogens (tertiary/aromatic N) is 3. The van der Waals surface area contributed by atoms with E-state index in [-0.39, 0.29) is 17.4 Å². The standard InChI is InChI=1S/C23H26ClFN4O2S/c1-15(2)13-29-22(16(3)31-20-7-5-4-6-19(20)25)27-28-23(29)32-14-21(30)26-12-17-8-10-18(24)11-9-17/h4-11,15-16H,12-14H2,1-3H3,(H,26,30). The van der Waals surface area contributed by atoms with Gasteiger partial charge in [-0.3, -0.25) is 4.79 Å². The number of carbonyl (C=O) groups excluding carboxylic acids is 1. The number of para-hydroxylation sites is 1. The van der Waals surface area contributed by atoms with E-state index in [0.717, 1.165) is 5.56 Å². The van der Waals surface area contributed by atoms with E-state index in [1.807, 2.05) is 16.7 Å². The van der Waals surface area contributed by atoms with E-state index in [9.17, 15) is 9.18 Å². The Morgan fingerprint density at radius 2 is 1.88 bits per heavy atom. The molecule has 1 aromatic heterocycles. The molecule has 32 heavy (non-hydrogen) atoms. The highest BCUT2D eigenvalue weighted by atomic mass is 35.5. The van der Waals surface area contributed by atoms with Gasteiger partial charge in [0, 0.05) is 18.1 Å². The fourth-order valence-electron chi connectivity index (χ4n) is 3.01. The number of halogens is 2. The van der Waals surface area contributed by atoms with Crippen LogP contribution in [-0.2, 0) is 17.9 Å². The van der Waals surface area contributed by atoms with Crippen LogP contribution in [0.25, 0.3) is 0 Å². The van der Waals surface area contributed by atoms with Crippen molar-refractivity contribution in [2.24, 2.45) is 5.92 Å². The van der Waals surface area contributed by atoms with Crippen molar-refractivity contribution in [1.82, 2.24) is 20.1 Å². The van der Waals surface area contributed by atoms with Crippen LogP contribution in [0.15, 0.2) is 53.7 Å². The van der Waals surface area contributed by atoms with E-state index in [1.54, 1.807) is 37.3 Å². The Morgan fingerprint density at radius 3 is 2.56 bits per heavy atom. The fourth-order valence-corrected chi connectivity index (χ4v) is 3.92. The lowest BCUT2D eigenvalue weighted by Crippen LogP contribution is -2.24. The molecule has 1 heterocycles. The minimum atomic E-state index is -0.508. The summed E-state index contributed by atoms with van der Waals surface area (Å²) in [5.41, 5.74) is 0.970. The quantitative estimate of drug-likeness (QED) is 0.403. The van der Waals surface area contributed by atoms with Crippen LogP contribution in [0.2, 0.25) is 5.02 Å². The van der Waals surface area contributed by atoms with Crippen molar-refractivity contribution < 1.29 is 13.9 Å². The predicted molar refractivity (Wildman–Crippen MR) is 124 cm³/mol. The number of thioether (sulfide) groups is 1. The second-order valence-corrected chi connectivity index (χ2v) is 9.11. The molecule has 170 valence electrons. The Hall–Kier alpha value is -2.58. The van der Waals surface area contributed by atoms with E-state index in [0.29, 0.717) is 35.0 Å². The van der Waals surface area contributed by atoms with E-state index in [4.69, 9.17) is 16.3 Å². The van der Waals surface area contributed by atoms with Gasteiger partial charge in [-0.2, -0.15) is 0 Å². The molecule has 1 unspecified atom stereocenters. The maximum absolute atomic E-state index is 14.0. The summed E-state index contributed by atoms with van der Waals surface area (Å²) in [6.07, 6.45) is -0.508. The highest BCUT2D eigenvalue weighted by Gasteiger charge is 2.21. The molecular weight excluding hydrogens is 451 g/mol. The second-order valence-electron chi connectivity index (χ2n) is 7.73. The first-order valence-corrected chi connectivity index (χ1v) is 11.7. The van der Waals surface area contributed by atoms with Gasteiger partial charge < -0.3 is 14.6 Å². The van der Waals surface area contributed by atoms with E-state index >= 15 is 0 Å². The molecule has 3 aromatic rings. The van der Waals surface area contributed by atoms with Gasteiger partial charge in [0.25, 0.3) is 0 Å². The van der Waals surface area contributed by atoms with Crippen molar-refractivity contribution >= 4 is 29.3 Å². The summed E-state index contributed by atoms with van der Waals surface area (Å²) >= 11 is 7.20. The van der Waals surface area contributed by atoms with Crippen LogP contribution in [0.1, 0.15) is 38.3 Å². The minimum absolute atomic E-state index is 0.110. The summed E-state index contributed by atoms with van der Waals surface area (Å²) < 4.78 is 21.7. The summed E-state index contributed by atoms with van der Waals surface area (Å²) in [6.45, 7) is 7.05. The smallest absolute Gasteiger partial charge is 0.230 e. The van der Waals surface area contributed by atoms with Crippen molar-refractivity contribution in [2.45, 2.75) is 45.1 Å². The monoisotopic (exact) mass is 476 g/mol. The Balaban J connectivity index is 1.64. The van der Waals surface area contributed by atoms with Gasteiger partial charge in [0.2, 0.25) is 5.91 Å². The molecule has 0 saturated carbocycles. The molecule has 3 rings (SSSR count). The lowest BCUT2D eigenvalue weighted by molar-refractivity contribution is -0.118. The second kappa shape index (κ2) is 11.3. The highest BCUT2D eigenvalue weighted by Crippen LogP contribution is 2.27. The SMILES string of the molecule is CC(C)Cn1c(SCC(=O)NCc2ccc(Cl)cc2)nnc1C(C)Oc1ccccc1F. The third kappa shape index (κ3) is 6.71. The number of nitrogens with one attached hydrogen (secondary N) is 1. The number of hydrogen-bond acceptors (Lipinski definition) is 5. The Morgan fingerprint density at radius 1 is 1.16 bits per heavy atom. The minimum Gasteiger partial charge on any atom is -0.480 e. The molecule has 9 heteroatoms. The summed E-state index contributed by atoms with van der Waals surface area (Å²) in [7, 11) is 0. The number of benzene rings is 2. The van der Waals surface area contributed by atoms with Crippen molar-refractivity contribution in [3.05, 3.63) is 70.8 Å². The number of carbonyl (C=O) groups is 1. The average Bonchev–Trinajstić information content (AvgIpc) is 3.15. The Kier molecular flexibility index (Phi) is 8.53. The predicted octanol–water partition coefficient (Wildman–Crippen LogP) is 5.28. The first-order chi connectivity index (χ1) is 15.3. The van der Waals surface area contributed by atoms with Crippen LogP contribution in [0, 0.1) is 11.7 Å². The van der Waals surface area contributed by atoms with Gasteiger partial charge in [-0.1, -0.05) is 61.5 Å². The van der Waals surface area contributed by atoms with E-state index in [2.05, 4.69) is 29.4 Å². The Bertz CT molecular complexity index is 1040. The van der Waals surface area contributed by atoms with Gasteiger partial charge in [-0.05, 0) is 42.7 Å². The lowest BCUT2D eigenvalue weighted by Gasteiger charge is -2.18. The molecule has 1 atom stereocenters. The maximum Gasteiger partial charge on any atom is 0.230 e. The topological polar surface area (TPSA) is 69.0 Å². The number of rotatable bonds is 10. The molecule has 0 aliphatic heterocycles. The molecule has 0 spiro atoms. The molecular formula is C23H26ClFN4O2S. The normalized spacial score (nSPS) is 12.1. The largest absolute Gasteiger partial charge is 0.480 e.